The van der Waals surface area contributed by atoms with Gasteiger partial charge >= 0.3 is 5.97 Å². The summed E-state index contributed by atoms with van der Waals surface area (Å²) < 4.78 is 5.13. The molecular weight excluding hydrogens is 282 g/mol. The van der Waals surface area contributed by atoms with E-state index in [1.54, 1.807) is 19.3 Å². The summed E-state index contributed by atoms with van der Waals surface area (Å²) in [6.07, 6.45) is 6.56. The van der Waals surface area contributed by atoms with Gasteiger partial charge in [0.05, 0.1) is 18.4 Å². The minimum atomic E-state index is -0.378. The zero-order valence-electron chi connectivity index (χ0n) is 12.6. The number of aromatic amines is 1. The Bertz CT molecular complexity index is 668. The predicted octanol–water partition coefficient (Wildman–Crippen LogP) is 2.46. The lowest BCUT2D eigenvalue weighted by atomic mass is 9.92. The first-order valence-corrected chi connectivity index (χ1v) is 7.77. The molecule has 2 aromatic heterocycles. The van der Waals surface area contributed by atoms with Crippen molar-refractivity contribution in [2.24, 2.45) is 0 Å². The fourth-order valence-electron chi connectivity index (χ4n) is 3.03. The molecule has 0 bridgehead atoms. The molecule has 0 amide bonds. The second kappa shape index (κ2) is 6.36. The third kappa shape index (κ3) is 2.92. The fourth-order valence-corrected chi connectivity index (χ4v) is 3.03. The minimum Gasteiger partial charge on any atom is -0.462 e. The van der Waals surface area contributed by atoms with Gasteiger partial charge in [0.1, 0.15) is 11.2 Å². The number of nitrogens with one attached hydrogen (secondary N) is 2. The van der Waals surface area contributed by atoms with Crippen molar-refractivity contribution in [1.82, 2.24) is 9.97 Å². The molecule has 0 spiro atoms. The van der Waals surface area contributed by atoms with Gasteiger partial charge in [0, 0.05) is 23.8 Å². The topological polar surface area (TPSA) is 87.2 Å². The molecular formula is C16H21N3O3. The summed E-state index contributed by atoms with van der Waals surface area (Å²) in [5.74, 6) is -0.378. The first-order chi connectivity index (χ1) is 10.7. The standard InChI is InChI=1S/C16H21N3O3/c1-2-22-16(21)13-9-18-15-12(6-7-17-15)14(13)19-10-4-3-5-11(20)8-10/h6-7,9-11,20H,2-5,8H2,1H3,(H2,17,18,19). The number of carbonyl (C=O) groups excluding carboxylic acids is 1. The highest BCUT2D eigenvalue weighted by atomic mass is 16.5. The SMILES string of the molecule is CCOC(=O)c1cnc2[nH]ccc2c1NC1CCCC(O)C1. The zero-order valence-corrected chi connectivity index (χ0v) is 12.6. The van der Waals surface area contributed by atoms with Crippen LogP contribution in [0.15, 0.2) is 18.5 Å². The molecule has 0 saturated heterocycles. The van der Waals surface area contributed by atoms with Gasteiger partial charge in [-0.15, -0.1) is 0 Å². The number of fused-ring (bicyclic) bond motifs is 1. The highest BCUT2D eigenvalue weighted by molar-refractivity contribution is 6.04. The highest BCUT2D eigenvalue weighted by Gasteiger charge is 2.24. The van der Waals surface area contributed by atoms with Gasteiger partial charge in [-0.05, 0) is 38.7 Å². The lowest BCUT2D eigenvalue weighted by molar-refractivity contribution is 0.0527. The van der Waals surface area contributed by atoms with Crippen LogP contribution in [0.25, 0.3) is 11.0 Å². The summed E-state index contributed by atoms with van der Waals surface area (Å²) in [6, 6.07) is 2.05. The predicted molar refractivity (Wildman–Crippen MR) is 83.9 cm³/mol. The van der Waals surface area contributed by atoms with E-state index in [4.69, 9.17) is 4.74 Å². The second-order valence-corrected chi connectivity index (χ2v) is 5.67. The van der Waals surface area contributed by atoms with Gasteiger partial charge in [-0.25, -0.2) is 9.78 Å². The number of aromatic nitrogens is 2. The summed E-state index contributed by atoms with van der Waals surface area (Å²) in [6.45, 7) is 2.11. The molecule has 0 aromatic carbocycles. The number of hydrogen-bond donors (Lipinski definition) is 3. The van der Waals surface area contributed by atoms with E-state index >= 15 is 0 Å². The Balaban J connectivity index is 1.95. The lowest BCUT2D eigenvalue weighted by Gasteiger charge is -2.28. The molecule has 3 N–H and O–H groups in total. The van der Waals surface area contributed by atoms with E-state index in [0.29, 0.717) is 18.6 Å². The van der Waals surface area contributed by atoms with Crippen molar-refractivity contribution in [3.63, 3.8) is 0 Å². The van der Waals surface area contributed by atoms with Crippen LogP contribution in [0.5, 0.6) is 0 Å². The van der Waals surface area contributed by atoms with E-state index in [-0.39, 0.29) is 18.1 Å². The van der Waals surface area contributed by atoms with Gasteiger partial charge in [-0.3, -0.25) is 0 Å². The number of ether oxygens (including phenoxy) is 1. The molecule has 0 radical (unpaired) electrons. The molecule has 1 saturated carbocycles. The third-order valence-corrected chi connectivity index (χ3v) is 4.08. The molecule has 1 fully saturated rings. The van der Waals surface area contributed by atoms with Crippen LogP contribution in [-0.4, -0.2) is 39.8 Å². The van der Waals surface area contributed by atoms with E-state index in [1.807, 2.05) is 6.07 Å². The van der Waals surface area contributed by atoms with Crippen LogP contribution < -0.4 is 5.32 Å². The van der Waals surface area contributed by atoms with Crippen molar-refractivity contribution >= 4 is 22.7 Å². The number of hydrogen-bond acceptors (Lipinski definition) is 5. The molecule has 1 aliphatic carbocycles. The first-order valence-electron chi connectivity index (χ1n) is 7.77. The Kier molecular flexibility index (Phi) is 4.29. The summed E-state index contributed by atoms with van der Waals surface area (Å²) >= 11 is 0. The summed E-state index contributed by atoms with van der Waals surface area (Å²) in [5.41, 5.74) is 1.91. The third-order valence-electron chi connectivity index (χ3n) is 4.08. The molecule has 6 nitrogen and oxygen atoms in total. The first kappa shape index (κ1) is 14.8. The maximum atomic E-state index is 12.2. The van der Waals surface area contributed by atoms with Crippen LogP contribution in [-0.2, 0) is 4.74 Å². The van der Waals surface area contributed by atoms with E-state index in [9.17, 15) is 9.90 Å². The van der Waals surface area contributed by atoms with Crippen molar-refractivity contribution in [3.8, 4) is 0 Å². The van der Waals surface area contributed by atoms with E-state index < -0.39 is 0 Å². The lowest BCUT2D eigenvalue weighted by Crippen LogP contribution is -2.30. The number of aliphatic hydroxyl groups excluding tert-OH is 1. The van der Waals surface area contributed by atoms with Crippen molar-refractivity contribution in [2.45, 2.75) is 44.8 Å². The maximum Gasteiger partial charge on any atom is 0.341 e. The minimum absolute atomic E-state index is 0.150. The normalized spacial score (nSPS) is 21.7. The summed E-state index contributed by atoms with van der Waals surface area (Å²) in [4.78, 5) is 19.5. The number of rotatable bonds is 4. The average molecular weight is 303 g/mol. The molecule has 22 heavy (non-hydrogen) atoms. The van der Waals surface area contributed by atoms with Crippen LogP contribution in [0, 0.1) is 0 Å². The van der Waals surface area contributed by atoms with Crippen molar-refractivity contribution in [1.29, 1.82) is 0 Å². The zero-order chi connectivity index (χ0) is 15.5. The van der Waals surface area contributed by atoms with Gasteiger partial charge in [0.15, 0.2) is 0 Å². The van der Waals surface area contributed by atoms with Crippen LogP contribution >= 0.6 is 0 Å². The van der Waals surface area contributed by atoms with Crippen molar-refractivity contribution in [3.05, 3.63) is 24.0 Å². The van der Waals surface area contributed by atoms with E-state index in [1.165, 1.54) is 0 Å². The van der Waals surface area contributed by atoms with Gasteiger partial charge in [-0.2, -0.15) is 0 Å². The van der Waals surface area contributed by atoms with Crippen molar-refractivity contribution in [2.75, 3.05) is 11.9 Å². The van der Waals surface area contributed by atoms with Gasteiger partial charge < -0.3 is 20.1 Å². The number of H-pyrrole nitrogens is 1. The number of carbonyl (C=O) groups is 1. The Labute approximate surface area is 128 Å². The Morgan fingerprint density at radius 2 is 2.41 bits per heavy atom. The molecule has 2 unspecified atom stereocenters. The Hall–Kier alpha value is -2.08. The Morgan fingerprint density at radius 1 is 1.55 bits per heavy atom. The van der Waals surface area contributed by atoms with Gasteiger partial charge in [-0.1, -0.05) is 0 Å². The quantitative estimate of drug-likeness (QED) is 0.755. The molecule has 6 heteroatoms. The number of aliphatic hydroxyl groups is 1. The number of nitrogens with zero attached hydrogens (tertiary/aromatic N) is 1. The summed E-state index contributed by atoms with van der Waals surface area (Å²) in [5, 5.41) is 14.1. The maximum absolute atomic E-state index is 12.2. The van der Waals surface area contributed by atoms with Crippen LogP contribution in [0.4, 0.5) is 5.69 Å². The molecule has 2 aromatic rings. The average Bonchev–Trinajstić information content (AvgIpc) is 2.96. The van der Waals surface area contributed by atoms with E-state index in [2.05, 4.69) is 15.3 Å². The number of esters is 1. The van der Waals surface area contributed by atoms with Gasteiger partial charge in [0.2, 0.25) is 0 Å². The number of anilines is 1. The smallest absolute Gasteiger partial charge is 0.341 e. The molecule has 118 valence electrons. The highest BCUT2D eigenvalue weighted by Crippen LogP contribution is 2.30. The van der Waals surface area contributed by atoms with Crippen LogP contribution in [0.2, 0.25) is 0 Å². The van der Waals surface area contributed by atoms with Crippen LogP contribution in [0.1, 0.15) is 43.0 Å². The van der Waals surface area contributed by atoms with E-state index in [0.717, 1.165) is 36.0 Å². The second-order valence-electron chi connectivity index (χ2n) is 5.67. The molecule has 0 aliphatic heterocycles. The molecule has 2 atom stereocenters. The Morgan fingerprint density at radius 3 is 3.18 bits per heavy atom. The van der Waals surface area contributed by atoms with Crippen LogP contribution in [0.3, 0.4) is 0 Å². The largest absolute Gasteiger partial charge is 0.462 e. The monoisotopic (exact) mass is 303 g/mol. The number of pyridine rings is 1. The molecule has 3 rings (SSSR count). The van der Waals surface area contributed by atoms with Gasteiger partial charge in [0.25, 0.3) is 0 Å². The van der Waals surface area contributed by atoms with Crippen molar-refractivity contribution < 1.29 is 14.6 Å². The molecule has 1 aliphatic rings. The summed E-state index contributed by atoms with van der Waals surface area (Å²) in [7, 11) is 0. The fraction of sp³-hybridized carbons (Fsp3) is 0.500. The molecule has 2 heterocycles.